The summed E-state index contributed by atoms with van der Waals surface area (Å²) in [5.41, 5.74) is 4.49. The Morgan fingerprint density at radius 1 is 0.938 bits per heavy atom. The number of anilines is 1. The molecule has 1 heterocycles. The molecule has 0 amide bonds. The molecule has 32 heavy (non-hydrogen) atoms. The van der Waals surface area contributed by atoms with Crippen LogP contribution in [0.15, 0.2) is 89.2 Å². The van der Waals surface area contributed by atoms with Gasteiger partial charge < -0.3 is 10.1 Å². The lowest BCUT2D eigenvalue weighted by Crippen LogP contribution is -2.00. The van der Waals surface area contributed by atoms with E-state index >= 15 is 0 Å². The summed E-state index contributed by atoms with van der Waals surface area (Å²) in [7, 11) is 0. The van der Waals surface area contributed by atoms with E-state index in [0.29, 0.717) is 6.54 Å². The Morgan fingerprint density at radius 2 is 1.75 bits per heavy atom. The van der Waals surface area contributed by atoms with E-state index in [1.807, 2.05) is 72.8 Å². The molecule has 0 unspecified atom stereocenters. The standard InChI is InChI=1S/C26H25ClN4O/c1-2-3-17-32-22-12-10-21(11-13-22)30-31-24-14-15-25(26-23(24)5-4-16-28-26)29-18-19-6-8-20(27)9-7-19/h4-16,29H,2-3,17-18H2,1H3. The van der Waals surface area contributed by atoms with Gasteiger partial charge in [-0.3, -0.25) is 4.98 Å². The van der Waals surface area contributed by atoms with Crippen molar-refractivity contribution < 1.29 is 4.74 Å². The third kappa shape index (κ3) is 5.62. The van der Waals surface area contributed by atoms with Gasteiger partial charge in [0.2, 0.25) is 0 Å². The van der Waals surface area contributed by atoms with Crippen molar-refractivity contribution in [2.45, 2.75) is 26.3 Å². The Bertz CT molecular complexity index is 1190. The van der Waals surface area contributed by atoms with Gasteiger partial charge in [0.15, 0.2) is 0 Å². The lowest BCUT2D eigenvalue weighted by atomic mass is 10.1. The summed E-state index contributed by atoms with van der Waals surface area (Å²) in [6, 6.07) is 23.3. The van der Waals surface area contributed by atoms with Gasteiger partial charge in [-0.2, -0.15) is 5.11 Å². The minimum atomic E-state index is 0.677. The maximum atomic E-state index is 5.98. The molecule has 3 aromatic carbocycles. The van der Waals surface area contributed by atoms with Crippen molar-refractivity contribution in [2.24, 2.45) is 10.2 Å². The highest BCUT2D eigenvalue weighted by molar-refractivity contribution is 6.30. The van der Waals surface area contributed by atoms with Crippen molar-refractivity contribution in [3.05, 3.63) is 89.6 Å². The van der Waals surface area contributed by atoms with E-state index in [1.54, 1.807) is 6.20 Å². The fraction of sp³-hybridized carbons (Fsp3) is 0.192. The van der Waals surface area contributed by atoms with E-state index in [1.165, 1.54) is 0 Å². The van der Waals surface area contributed by atoms with Crippen LogP contribution in [0.25, 0.3) is 10.9 Å². The number of hydrogen-bond acceptors (Lipinski definition) is 5. The highest BCUT2D eigenvalue weighted by atomic mass is 35.5. The highest BCUT2D eigenvalue weighted by Gasteiger charge is 2.07. The number of azo groups is 1. The van der Waals surface area contributed by atoms with Crippen molar-refractivity contribution in [1.82, 2.24) is 4.98 Å². The predicted octanol–water partition coefficient (Wildman–Crippen LogP) is 8.09. The molecule has 0 atom stereocenters. The van der Waals surface area contributed by atoms with Gasteiger partial charge in [-0.15, -0.1) is 5.11 Å². The molecule has 4 rings (SSSR count). The SMILES string of the molecule is CCCCOc1ccc(N=Nc2ccc(NCc3ccc(Cl)cc3)c3ncccc23)cc1. The summed E-state index contributed by atoms with van der Waals surface area (Å²) in [5, 5.41) is 14.0. The van der Waals surface area contributed by atoms with Crippen molar-refractivity contribution in [3.8, 4) is 5.75 Å². The number of nitrogens with zero attached hydrogens (tertiary/aromatic N) is 3. The molecule has 6 heteroatoms. The molecular formula is C26H25ClN4O. The summed E-state index contributed by atoms with van der Waals surface area (Å²) in [6.45, 7) is 3.56. The number of unbranched alkanes of at least 4 members (excludes halogenated alkanes) is 1. The minimum Gasteiger partial charge on any atom is -0.494 e. The average molecular weight is 445 g/mol. The second kappa shape index (κ2) is 10.7. The van der Waals surface area contributed by atoms with Gasteiger partial charge in [0.25, 0.3) is 0 Å². The fourth-order valence-corrected chi connectivity index (χ4v) is 3.37. The largest absolute Gasteiger partial charge is 0.494 e. The molecule has 0 bridgehead atoms. The third-order valence-electron chi connectivity index (χ3n) is 5.02. The summed E-state index contributed by atoms with van der Waals surface area (Å²) in [5.74, 6) is 0.850. The maximum absolute atomic E-state index is 5.98. The van der Waals surface area contributed by atoms with Crippen LogP contribution in [0.3, 0.4) is 0 Å². The molecule has 0 radical (unpaired) electrons. The summed E-state index contributed by atoms with van der Waals surface area (Å²) in [4.78, 5) is 4.57. The van der Waals surface area contributed by atoms with E-state index in [0.717, 1.165) is 63.7 Å². The monoisotopic (exact) mass is 444 g/mol. The van der Waals surface area contributed by atoms with Crippen LogP contribution >= 0.6 is 11.6 Å². The molecule has 0 aliphatic rings. The van der Waals surface area contributed by atoms with E-state index in [4.69, 9.17) is 16.3 Å². The Hall–Kier alpha value is -3.44. The first kappa shape index (κ1) is 21.8. The van der Waals surface area contributed by atoms with E-state index in [9.17, 15) is 0 Å². The number of aromatic nitrogens is 1. The first-order valence-corrected chi connectivity index (χ1v) is 11.1. The molecule has 4 aromatic rings. The molecule has 0 saturated heterocycles. The Labute approximate surface area is 193 Å². The lowest BCUT2D eigenvalue weighted by molar-refractivity contribution is 0.309. The van der Waals surface area contributed by atoms with Crippen LogP contribution < -0.4 is 10.1 Å². The number of pyridine rings is 1. The second-order valence-electron chi connectivity index (χ2n) is 7.41. The van der Waals surface area contributed by atoms with Crippen LogP contribution in [0.2, 0.25) is 5.02 Å². The number of ether oxygens (including phenoxy) is 1. The topological polar surface area (TPSA) is 58.9 Å². The van der Waals surface area contributed by atoms with Crippen LogP contribution in [0.5, 0.6) is 5.75 Å². The third-order valence-corrected chi connectivity index (χ3v) is 5.27. The van der Waals surface area contributed by atoms with Gasteiger partial charge in [0.05, 0.1) is 29.2 Å². The molecule has 1 aromatic heterocycles. The highest BCUT2D eigenvalue weighted by Crippen LogP contribution is 2.32. The van der Waals surface area contributed by atoms with Gasteiger partial charge in [0.1, 0.15) is 5.75 Å². The number of halogens is 1. The van der Waals surface area contributed by atoms with Crippen molar-refractivity contribution in [1.29, 1.82) is 0 Å². The van der Waals surface area contributed by atoms with Crippen molar-refractivity contribution in [3.63, 3.8) is 0 Å². The smallest absolute Gasteiger partial charge is 0.119 e. The Balaban J connectivity index is 1.50. The lowest BCUT2D eigenvalue weighted by Gasteiger charge is -2.10. The first-order chi connectivity index (χ1) is 15.7. The molecule has 5 nitrogen and oxygen atoms in total. The molecule has 0 fully saturated rings. The quantitative estimate of drug-likeness (QED) is 0.209. The predicted molar refractivity (Wildman–Crippen MR) is 132 cm³/mol. The van der Waals surface area contributed by atoms with Crippen molar-refractivity contribution >= 4 is 39.6 Å². The van der Waals surface area contributed by atoms with Gasteiger partial charge in [-0.25, -0.2) is 0 Å². The van der Waals surface area contributed by atoms with Crippen molar-refractivity contribution in [2.75, 3.05) is 11.9 Å². The summed E-state index contributed by atoms with van der Waals surface area (Å²) < 4.78 is 5.70. The Kier molecular flexibility index (Phi) is 7.31. The van der Waals surface area contributed by atoms with Gasteiger partial charge in [-0.05, 0) is 72.6 Å². The molecule has 0 aliphatic heterocycles. The maximum Gasteiger partial charge on any atom is 0.119 e. The average Bonchev–Trinajstić information content (AvgIpc) is 2.84. The van der Waals surface area contributed by atoms with Crippen LogP contribution in [0.4, 0.5) is 17.1 Å². The zero-order valence-corrected chi connectivity index (χ0v) is 18.7. The van der Waals surface area contributed by atoms with Crippen LogP contribution in [-0.4, -0.2) is 11.6 Å². The van der Waals surface area contributed by atoms with E-state index in [2.05, 4.69) is 27.5 Å². The zero-order valence-electron chi connectivity index (χ0n) is 18.0. The van der Waals surface area contributed by atoms with Crippen LogP contribution in [0, 0.1) is 0 Å². The Morgan fingerprint density at radius 3 is 2.53 bits per heavy atom. The van der Waals surface area contributed by atoms with Gasteiger partial charge >= 0.3 is 0 Å². The van der Waals surface area contributed by atoms with Gasteiger partial charge in [0, 0.05) is 23.2 Å². The molecular weight excluding hydrogens is 420 g/mol. The number of fused-ring (bicyclic) bond motifs is 1. The molecule has 0 saturated carbocycles. The van der Waals surface area contributed by atoms with Crippen LogP contribution in [-0.2, 0) is 6.54 Å². The summed E-state index contributed by atoms with van der Waals surface area (Å²) >= 11 is 5.98. The van der Waals surface area contributed by atoms with Crippen LogP contribution in [0.1, 0.15) is 25.3 Å². The molecule has 0 aliphatic carbocycles. The normalized spacial score (nSPS) is 11.2. The van der Waals surface area contributed by atoms with E-state index < -0.39 is 0 Å². The minimum absolute atomic E-state index is 0.677. The number of nitrogens with one attached hydrogen (secondary N) is 1. The zero-order chi connectivity index (χ0) is 22.2. The fourth-order valence-electron chi connectivity index (χ4n) is 3.24. The first-order valence-electron chi connectivity index (χ1n) is 10.7. The number of rotatable bonds is 9. The second-order valence-corrected chi connectivity index (χ2v) is 7.84. The molecule has 1 N–H and O–H groups in total. The van der Waals surface area contributed by atoms with E-state index in [-0.39, 0.29) is 0 Å². The number of hydrogen-bond donors (Lipinski definition) is 1. The molecule has 0 spiro atoms. The molecule has 162 valence electrons. The summed E-state index contributed by atoms with van der Waals surface area (Å²) in [6.07, 6.45) is 3.95. The number of benzene rings is 3. The van der Waals surface area contributed by atoms with Gasteiger partial charge in [-0.1, -0.05) is 37.1 Å².